The summed E-state index contributed by atoms with van der Waals surface area (Å²) >= 11 is 0. The summed E-state index contributed by atoms with van der Waals surface area (Å²) in [6.07, 6.45) is 3.12. The Balaban J connectivity index is 2.30. The third-order valence-electron chi connectivity index (χ3n) is 2.85. The van der Waals surface area contributed by atoms with Gasteiger partial charge in [-0.05, 0) is 24.3 Å². The second-order valence-electron chi connectivity index (χ2n) is 4.16. The van der Waals surface area contributed by atoms with Gasteiger partial charge in [-0.25, -0.2) is 0 Å². The zero-order valence-corrected chi connectivity index (χ0v) is 11.6. The molecule has 2 unspecified atom stereocenters. The van der Waals surface area contributed by atoms with Crippen LogP contribution in [0.25, 0.3) is 0 Å². The van der Waals surface area contributed by atoms with Gasteiger partial charge in [-0.1, -0.05) is 18.2 Å². The quantitative estimate of drug-likeness (QED) is 0.808. The van der Waals surface area contributed by atoms with E-state index < -0.39 is 16.7 Å². The van der Waals surface area contributed by atoms with E-state index in [1.54, 1.807) is 54.9 Å². The average molecular weight is 284 g/mol. The number of carbonyl (C=O) groups is 1. The highest BCUT2D eigenvalue weighted by Crippen LogP contribution is 2.19. The summed E-state index contributed by atoms with van der Waals surface area (Å²) in [6.45, 7) is 0. The molecular formula is C15H12N2O2S. The van der Waals surface area contributed by atoms with Gasteiger partial charge in [-0.2, -0.15) is 5.26 Å². The highest BCUT2D eigenvalue weighted by atomic mass is 32.2. The Kier molecular flexibility index (Phi) is 4.38. The molecule has 5 heteroatoms. The number of hydrogen-bond donors (Lipinski definition) is 0. The summed E-state index contributed by atoms with van der Waals surface area (Å²) in [5.74, 6) is -1.23. The number of hydrogen-bond acceptors (Lipinski definition) is 4. The molecule has 2 rings (SSSR count). The molecule has 0 fully saturated rings. The second kappa shape index (κ2) is 6.22. The van der Waals surface area contributed by atoms with Gasteiger partial charge in [0.15, 0.2) is 11.7 Å². The standard InChI is InChI=1S/C15H12N2O2S/c1-20(19)12-7-5-11(6-8-12)15(18)13(10-16)14-4-2-3-9-17-14/h2-9,13H,1H3. The minimum atomic E-state index is -1.09. The molecule has 0 aliphatic carbocycles. The molecule has 20 heavy (non-hydrogen) atoms. The van der Waals surface area contributed by atoms with Gasteiger partial charge in [-0.15, -0.1) is 0 Å². The van der Waals surface area contributed by atoms with Crippen LogP contribution in [0.5, 0.6) is 0 Å². The van der Waals surface area contributed by atoms with E-state index in [2.05, 4.69) is 4.98 Å². The molecule has 0 spiro atoms. The molecule has 2 atom stereocenters. The third-order valence-corrected chi connectivity index (χ3v) is 3.78. The molecule has 0 radical (unpaired) electrons. The Morgan fingerprint density at radius 3 is 2.45 bits per heavy atom. The first kappa shape index (κ1) is 14.1. The summed E-state index contributed by atoms with van der Waals surface area (Å²) in [5, 5.41) is 9.19. The predicted octanol–water partition coefficient (Wildman–Crippen LogP) is 2.31. The van der Waals surface area contributed by atoms with Crippen molar-refractivity contribution in [1.29, 1.82) is 5.26 Å². The first-order valence-corrected chi connectivity index (χ1v) is 7.47. The zero-order valence-electron chi connectivity index (χ0n) is 10.8. The summed E-state index contributed by atoms with van der Waals surface area (Å²) in [4.78, 5) is 17.0. The summed E-state index contributed by atoms with van der Waals surface area (Å²) in [6, 6.07) is 13.6. The normalized spacial score (nSPS) is 13.2. The smallest absolute Gasteiger partial charge is 0.186 e. The zero-order chi connectivity index (χ0) is 14.5. The van der Waals surface area contributed by atoms with Crippen LogP contribution in [0.4, 0.5) is 0 Å². The molecule has 100 valence electrons. The predicted molar refractivity (Wildman–Crippen MR) is 75.7 cm³/mol. The summed E-state index contributed by atoms with van der Waals surface area (Å²) in [5.41, 5.74) is 0.847. The van der Waals surface area contributed by atoms with Crippen molar-refractivity contribution in [3.8, 4) is 6.07 Å². The Hall–Kier alpha value is -2.32. The van der Waals surface area contributed by atoms with E-state index in [0.29, 0.717) is 16.2 Å². The van der Waals surface area contributed by atoms with Gasteiger partial charge in [0.1, 0.15) is 0 Å². The van der Waals surface area contributed by atoms with Crippen molar-refractivity contribution in [2.45, 2.75) is 10.8 Å². The monoisotopic (exact) mass is 284 g/mol. The lowest BCUT2D eigenvalue weighted by molar-refractivity contribution is 0.0977. The summed E-state index contributed by atoms with van der Waals surface area (Å²) < 4.78 is 11.3. The first-order valence-electron chi connectivity index (χ1n) is 5.91. The lowest BCUT2D eigenvalue weighted by Crippen LogP contribution is -2.12. The van der Waals surface area contributed by atoms with Crippen LogP contribution in [0.1, 0.15) is 22.0 Å². The third kappa shape index (κ3) is 2.98. The lowest BCUT2D eigenvalue weighted by Gasteiger charge is -2.07. The van der Waals surface area contributed by atoms with Crippen LogP contribution in [-0.4, -0.2) is 21.2 Å². The van der Waals surface area contributed by atoms with Gasteiger partial charge < -0.3 is 0 Å². The van der Waals surface area contributed by atoms with E-state index in [9.17, 15) is 14.3 Å². The Morgan fingerprint density at radius 1 is 1.25 bits per heavy atom. The number of rotatable bonds is 4. The van der Waals surface area contributed by atoms with Crippen molar-refractivity contribution < 1.29 is 9.00 Å². The molecule has 0 saturated heterocycles. The van der Waals surface area contributed by atoms with Crippen LogP contribution >= 0.6 is 0 Å². The van der Waals surface area contributed by atoms with Gasteiger partial charge in [-0.3, -0.25) is 14.0 Å². The highest BCUT2D eigenvalue weighted by Gasteiger charge is 2.22. The van der Waals surface area contributed by atoms with Crippen LogP contribution < -0.4 is 0 Å². The number of nitrogens with zero attached hydrogens (tertiary/aromatic N) is 2. The van der Waals surface area contributed by atoms with Gasteiger partial charge in [0.25, 0.3) is 0 Å². The average Bonchev–Trinajstić information content (AvgIpc) is 2.49. The number of benzene rings is 1. The Labute approximate surface area is 119 Å². The SMILES string of the molecule is CS(=O)c1ccc(C(=O)C(C#N)c2ccccn2)cc1. The van der Waals surface area contributed by atoms with Crippen molar-refractivity contribution in [2.24, 2.45) is 0 Å². The second-order valence-corrected chi connectivity index (χ2v) is 5.54. The molecule has 0 amide bonds. The number of aromatic nitrogens is 1. The molecule has 1 aromatic carbocycles. The first-order chi connectivity index (χ1) is 9.63. The fraction of sp³-hybridized carbons (Fsp3) is 0.133. The molecule has 4 nitrogen and oxygen atoms in total. The van der Waals surface area contributed by atoms with Crippen LogP contribution in [0.3, 0.4) is 0 Å². The van der Waals surface area contributed by atoms with Gasteiger partial charge in [0.05, 0.1) is 11.8 Å². The lowest BCUT2D eigenvalue weighted by atomic mass is 9.95. The van der Waals surface area contributed by atoms with Crippen molar-refractivity contribution in [2.75, 3.05) is 6.26 Å². The van der Waals surface area contributed by atoms with Crippen molar-refractivity contribution in [3.05, 3.63) is 59.9 Å². The largest absolute Gasteiger partial charge is 0.292 e. The van der Waals surface area contributed by atoms with E-state index in [1.807, 2.05) is 6.07 Å². The van der Waals surface area contributed by atoms with Gasteiger partial charge >= 0.3 is 0 Å². The summed E-state index contributed by atoms with van der Waals surface area (Å²) in [7, 11) is -1.09. The number of pyridine rings is 1. The van der Waals surface area contributed by atoms with Crippen molar-refractivity contribution >= 4 is 16.6 Å². The van der Waals surface area contributed by atoms with Crippen LogP contribution in [-0.2, 0) is 10.8 Å². The van der Waals surface area contributed by atoms with Gasteiger partial charge in [0.2, 0.25) is 0 Å². The molecule has 2 aromatic rings. The van der Waals surface area contributed by atoms with E-state index in [4.69, 9.17) is 0 Å². The molecule has 0 saturated carbocycles. The molecule has 0 aliphatic heterocycles. The Morgan fingerprint density at radius 2 is 1.95 bits per heavy atom. The highest BCUT2D eigenvalue weighted by molar-refractivity contribution is 7.84. The van der Waals surface area contributed by atoms with E-state index in [-0.39, 0.29) is 5.78 Å². The molecule has 1 heterocycles. The van der Waals surface area contributed by atoms with Crippen molar-refractivity contribution in [1.82, 2.24) is 4.98 Å². The minimum absolute atomic E-state index is 0.306. The van der Waals surface area contributed by atoms with Crippen LogP contribution in [0, 0.1) is 11.3 Å². The molecule has 0 aliphatic rings. The maximum atomic E-state index is 12.3. The van der Waals surface area contributed by atoms with E-state index in [0.717, 1.165) is 0 Å². The van der Waals surface area contributed by atoms with Crippen LogP contribution in [0.15, 0.2) is 53.6 Å². The molecular weight excluding hydrogens is 272 g/mol. The maximum absolute atomic E-state index is 12.3. The number of carbonyl (C=O) groups excluding carboxylic acids is 1. The Bertz CT molecular complexity index is 675. The van der Waals surface area contributed by atoms with E-state index >= 15 is 0 Å². The van der Waals surface area contributed by atoms with Crippen LogP contribution in [0.2, 0.25) is 0 Å². The van der Waals surface area contributed by atoms with Crippen molar-refractivity contribution in [3.63, 3.8) is 0 Å². The molecule has 0 N–H and O–H groups in total. The number of nitriles is 1. The topological polar surface area (TPSA) is 70.8 Å². The van der Waals surface area contributed by atoms with E-state index in [1.165, 1.54) is 0 Å². The van der Waals surface area contributed by atoms with Gasteiger partial charge in [0, 0.05) is 33.7 Å². The maximum Gasteiger partial charge on any atom is 0.186 e. The molecule has 0 bridgehead atoms. The fourth-order valence-corrected chi connectivity index (χ4v) is 2.30. The molecule has 1 aromatic heterocycles. The minimum Gasteiger partial charge on any atom is -0.292 e. The number of ketones is 1. The fourth-order valence-electron chi connectivity index (χ4n) is 1.78. The number of Topliss-reactive ketones (excluding diaryl/α,β-unsaturated/α-hetero) is 1.